The van der Waals surface area contributed by atoms with Gasteiger partial charge in [0, 0.05) is 12.3 Å². The second-order valence-corrected chi connectivity index (χ2v) is 5.66. The zero-order chi connectivity index (χ0) is 14.1. The maximum Gasteiger partial charge on any atom is 0.142 e. The Morgan fingerprint density at radius 1 is 1.20 bits per heavy atom. The van der Waals surface area contributed by atoms with E-state index in [2.05, 4.69) is 12.1 Å². The molecule has 0 N–H and O–H groups in total. The fraction of sp³-hybridized carbons (Fsp3) is 0.235. The van der Waals surface area contributed by atoms with Crippen LogP contribution in [0.4, 0.5) is 4.39 Å². The van der Waals surface area contributed by atoms with Crippen LogP contribution in [0.1, 0.15) is 23.5 Å². The molecule has 2 unspecified atom stereocenters. The number of rotatable bonds is 4. The minimum atomic E-state index is -0.465. The van der Waals surface area contributed by atoms with E-state index < -0.39 is 5.82 Å². The highest BCUT2D eigenvalue weighted by Gasteiger charge is 2.43. The molecule has 2 atom stereocenters. The first-order valence-corrected chi connectivity index (χ1v) is 7.04. The molecule has 1 aliphatic carbocycles. The highest BCUT2D eigenvalue weighted by molar-refractivity contribution is 6.30. The molecule has 1 saturated carbocycles. The molecule has 1 aliphatic rings. The summed E-state index contributed by atoms with van der Waals surface area (Å²) in [6.07, 6.45) is 1.18. The van der Waals surface area contributed by atoms with Crippen LogP contribution >= 0.6 is 11.6 Å². The molecule has 0 radical (unpaired) electrons. The average molecular weight is 289 g/mol. The fourth-order valence-electron chi connectivity index (χ4n) is 2.60. The molecule has 0 amide bonds. The van der Waals surface area contributed by atoms with Crippen LogP contribution in [0.2, 0.25) is 5.02 Å². The maximum atomic E-state index is 13.3. The molecule has 1 fully saturated rings. The van der Waals surface area contributed by atoms with Crippen LogP contribution in [-0.4, -0.2) is 5.78 Å². The molecule has 20 heavy (non-hydrogen) atoms. The average Bonchev–Trinajstić information content (AvgIpc) is 3.24. The van der Waals surface area contributed by atoms with E-state index in [0.717, 1.165) is 6.42 Å². The highest BCUT2D eigenvalue weighted by Crippen LogP contribution is 2.48. The molecule has 102 valence electrons. The van der Waals surface area contributed by atoms with E-state index in [9.17, 15) is 9.18 Å². The van der Waals surface area contributed by atoms with Crippen LogP contribution in [0.5, 0.6) is 0 Å². The number of carbonyl (C=O) groups excluding carboxylic acids is 1. The number of carbonyl (C=O) groups is 1. The topological polar surface area (TPSA) is 17.1 Å². The van der Waals surface area contributed by atoms with Gasteiger partial charge in [-0.25, -0.2) is 4.39 Å². The van der Waals surface area contributed by atoms with Crippen molar-refractivity contribution in [1.29, 1.82) is 0 Å². The van der Waals surface area contributed by atoms with Gasteiger partial charge in [0.1, 0.15) is 11.6 Å². The van der Waals surface area contributed by atoms with E-state index in [-0.39, 0.29) is 23.1 Å². The first-order chi connectivity index (χ1) is 9.65. The molecule has 3 rings (SSSR count). The zero-order valence-electron chi connectivity index (χ0n) is 10.9. The van der Waals surface area contributed by atoms with Gasteiger partial charge in [0.05, 0.1) is 5.02 Å². The molecule has 0 bridgehead atoms. The lowest BCUT2D eigenvalue weighted by atomic mass is 10.0. The molecule has 0 saturated heterocycles. The fourth-order valence-corrected chi connectivity index (χ4v) is 2.72. The number of Topliss-reactive ketones (excluding diaryl/α,β-unsaturated/α-hetero) is 1. The minimum absolute atomic E-state index is 0.0798. The molecular formula is C17H14ClFO. The van der Waals surface area contributed by atoms with Crippen molar-refractivity contribution in [1.82, 2.24) is 0 Å². The molecule has 3 heteroatoms. The van der Waals surface area contributed by atoms with Gasteiger partial charge < -0.3 is 0 Å². The summed E-state index contributed by atoms with van der Waals surface area (Å²) in [6, 6.07) is 14.6. The SMILES string of the molecule is O=C(Cc1ccc(Cl)c(F)c1)C1CC1c1ccccc1. The summed E-state index contributed by atoms with van der Waals surface area (Å²) in [7, 11) is 0. The molecule has 1 nitrogen and oxygen atoms in total. The Bertz CT molecular complexity index is 639. The van der Waals surface area contributed by atoms with E-state index in [1.165, 1.54) is 17.7 Å². The van der Waals surface area contributed by atoms with E-state index in [1.807, 2.05) is 18.2 Å². The monoisotopic (exact) mass is 288 g/mol. The molecule has 0 aliphatic heterocycles. The third-order valence-electron chi connectivity index (χ3n) is 3.79. The Morgan fingerprint density at radius 3 is 2.65 bits per heavy atom. The molecule has 0 heterocycles. The summed E-state index contributed by atoms with van der Waals surface area (Å²) < 4.78 is 13.3. The number of benzene rings is 2. The Morgan fingerprint density at radius 2 is 1.95 bits per heavy atom. The third-order valence-corrected chi connectivity index (χ3v) is 4.10. The molecule has 0 aromatic heterocycles. The summed E-state index contributed by atoms with van der Waals surface area (Å²) in [4.78, 5) is 12.2. The zero-order valence-corrected chi connectivity index (χ0v) is 11.6. The maximum absolute atomic E-state index is 13.3. The Hall–Kier alpha value is -1.67. The predicted octanol–water partition coefficient (Wildman–Crippen LogP) is 4.39. The standard InChI is InChI=1S/C17H14ClFO/c18-15-7-6-11(8-16(15)19)9-17(20)14-10-13(14)12-4-2-1-3-5-12/h1-8,13-14H,9-10H2. The second-order valence-electron chi connectivity index (χ2n) is 5.25. The van der Waals surface area contributed by atoms with Gasteiger partial charge in [0.2, 0.25) is 0 Å². The first-order valence-electron chi connectivity index (χ1n) is 6.67. The van der Waals surface area contributed by atoms with Gasteiger partial charge in [0.25, 0.3) is 0 Å². The van der Waals surface area contributed by atoms with Crippen molar-refractivity contribution in [3.63, 3.8) is 0 Å². The highest BCUT2D eigenvalue weighted by atomic mass is 35.5. The Labute approximate surface area is 122 Å². The van der Waals surface area contributed by atoms with Crippen LogP contribution in [0.3, 0.4) is 0 Å². The van der Waals surface area contributed by atoms with Crippen molar-refractivity contribution in [2.45, 2.75) is 18.8 Å². The number of ketones is 1. The molecular weight excluding hydrogens is 275 g/mol. The van der Waals surface area contributed by atoms with Crippen molar-refractivity contribution >= 4 is 17.4 Å². The van der Waals surface area contributed by atoms with E-state index >= 15 is 0 Å². The Balaban J connectivity index is 1.65. The summed E-state index contributed by atoms with van der Waals surface area (Å²) >= 11 is 5.64. The van der Waals surface area contributed by atoms with Crippen LogP contribution in [0.15, 0.2) is 48.5 Å². The number of hydrogen-bond acceptors (Lipinski definition) is 1. The van der Waals surface area contributed by atoms with Gasteiger partial charge in [-0.1, -0.05) is 48.0 Å². The normalized spacial score (nSPS) is 20.7. The first kappa shape index (κ1) is 13.3. The summed E-state index contributed by atoms with van der Waals surface area (Å²) in [6.45, 7) is 0. The van der Waals surface area contributed by atoms with Gasteiger partial charge in [-0.2, -0.15) is 0 Å². The van der Waals surface area contributed by atoms with E-state index in [4.69, 9.17) is 11.6 Å². The van der Waals surface area contributed by atoms with Gasteiger partial charge in [0.15, 0.2) is 0 Å². The molecule has 0 spiro atoms. The number of halogens is 2. The molecule has 2 aromatic carbocycles. The van der Waals surface area contributed by atoms with Gasteiger partial charge in [-0.15, -0.1) is 0 Å². The predicted molar refractivity (Wildman–Crippen MR) is 77.4 cm³/mol. The van der Waals surface area contributed by atoms with Crippen molar-refractivity contribution in [2.75, 3.05) is 0 Å². The smallest absolute Gasteiger partial charge is 0.142 e. The van der Waals surface area contributed by atoms with Crippen molar-refractivity contribution in [3.05, 3.63) is 70.5 Å². The lowest BCUT2D eigenvalue weighted by Crippen LogP contribution is -2.06. The summed E-state index contributed by atoms with van der Waals surface area (Å²) in [5, 5.41) is 0.0924. The number of hydrogen-bond donors (Lipinski definition) is 0. The van der Waals surface area contributed by atoms with E-state index in [0.29, 0.717) is 11.5 Å². The van der Waals surface area contributed by atoms with Gasteiger partial charge in [-0.05, 0) is 35.6 Å². The third kappa shape index (κ3) is 2.75. The van der Waals surface area contributed by atoms with Crippen molar-refractivity contribution < 1.29 is 9.18 Å². The van der Waals surface area contributed by atoms with Crippen molar-refractivity contribution in [3.8, 4) is 0 Å². The van der Waals surface area contributed by atoms with Crippen LogP contribution < -0.4 is 0 Å². The van der Waals surface area contributed by atoms with Crippen LogP contribution in [-0.2, 0) is 11.2 Å². The minimum Gasteiger partial charge on any atom is -0.299 e. The quantitative estimate of drug-likeness (QED) is 0.815. The van der Waals surface area contributed by atoms with Gasteiger partial charge in [-0.3, -0.25) is 4.79 Å². The second kappa shape index (κ2) is 5.37. The molecule has 2 aromatic rings. The van der Waals surface area contributed by atoms with Gasteiger partial charge >= 0.3 is 0 Å². The van der Waals surface area contributed by atoms with E-state index in [1.54, 1.807) is 6.07 Å². The lowest BCUT2D eigenvalue weighted by molar-refractivity contribution is -0.119. The largest absolute Gasteiger partial charge is 0.299 e. The Kier molecular flexibility index (Phi) is 3.58. The summed E-state index contributed by atoms with van der Waals surface area (Å²) in [5.74, 6) is 0.130. The lowest BCUT2D eigenvalue weighted by Gasteiger charge is -2.03. The van der Waals surface area contributed by atoms with Crippen LogP contribution in [0, 0.1) is 11.7 Å². The summed E-state index contributed by atoms with van der Waals surface area (Å²) in [5.41, 5.74) is 1.91. The van der Waals surface area contributed by atoms with Crippen molar-refractivity contribution in [2.24, 2.45) is 5.92 Å². The van der Waals surface area contributed by atoms with Crippen LogP contribution in [0.25, 0.3) is 0 Å².